The fraction of sp³-hybridized carbons (Fsp3) is 0.632. The molecule has 2 aliphatic rings. The Morgan fingerprint density at radius 1 is 1.29 bits per heavy atom. The van der Waals surface area contributed by atoms with Gasteiger partial charge in [-0.25, -0.2) is 0 Å². The van der Waals surface area contributed by atoms with Crippen LogP contribution in [0.25, 0.3) is 0 Å². The number of rotatable bonds is 6. The zero-order chi connectivity index (χ0) is 16.8. The van der Waals surface area contributed by atoms with E-state index in [4.69, 9.17) is 4.74 Å². The summed E-state index contributed by atoms with van der Waals surface area (Å²) in [6, 6.07) is 10.6. The van der Waals surface area contributed by atoms with Crippen LogP contribution in [0.2, 0.25) is 0 Å². The Labute approximate surface area is 144 Å². The number of para-hydroxylation sites is 1. The first-order valence-electron chi connectivity index (χ1n) is 9.17. The average Bonchev–Trinajstić information content (AvgIpc) is 3.15. The van der Waals surface area contributed by atoms with E-state index in [-0.39, 0.29) is 18.0 Å². The standard InChI is InChI=1S/C19H29N3O2/c1-15(13-20-16-7-3-2-4-8-16)21-19(23)18-14-24-12-11-22(18)17-9-5-6-10-17/h2-4,7-8,15,17-18,20H,5-6,9-14H2,1H3,(H,21,23). The maximum Gasteiger partial charge on any atom is 0.240 e. The average molecular weight is 331 g/mol. The summed E-state index contributed by atoms with van der Waals surface area (Å²) in [4.78, 5) is 15.1. The number of nitrogens with one attached hydrogen (secondary N) is 2. The van der Waals surface area contributed by atoms with E-state index < -0.39 is 0 Å². The number of benzene rings is 1. The molecule has 1 amide bonds. The van der Waals surface area contributed by atoms with Crippen molar-refractivity contribution < 1.29 is 9.53 Å². The van der Waals surface area contributed by atoms with Crippen molar-refractivity contribution in [1.29, 1.82) is 0 Å². The molecule has 1 saturated heterocycles. The van der Waals surface area contributed by atoms with E-state index in [1.54, 1.807) is 0 Å². The third-order valence-electron chi connectivity index (χ3n) is 5.04. The second-order valence-corrected chi connectivity index (χ2v) is 6.92. The zero-order valence-electron chi connectivity index (χ0n) is 14.5. The van der Waals surface area contributed by atoms with Gasteiger partial charge in [0.25, 0.3) is 0 Å². The molecule has 1 saturated carbocycles. The summed E-state index contributed by atoms with van der Waals surface area (Å²) in [5, 5.41) is 6.51. The van der Waals surface area contributed by atoms with Crippen LogP contribution in [-0.2, 0) is 9.53 Å². The van der Waals surface area contributed by atoms with Gasteiger partial charge in [0.1, 0.15) is 6.04 Å². The molecule has 2 fully saturated rings. The smallest absolute Gasteiger partial charge is 0.240 e. The van der Waals surface area contributed by atoms with Crippen LogP contribution in [0.3, 0.4) is 0 Å². The number of anilines is 1. The molecule has 0 radical (unpaired) electrons. The highest BCUT2D eigenvalue weighted by Crippen LogP contribution is 2.26. The first kappa shape index (κ1) is 17.2. The quantitative estimate of drug-likeness (QED) is 0.839. The Balaban J connectivity index is 1.50. The van der Waals surface area contributed by atoms with E-state index in [1.165, 1.54) is 25.7 Å². The van der Waals surface area contributed by atoms with Gasteiger partial charge in [0.15, 0.2) is 0 Å². The number of hydrogen-bond donors (Lipinski definition) is 2. The van der Waals surface area contributed by atoms with E-state index in [0.29, 0.717) is 19.2 Å². The van der Waals surface area contributed by atoms with Crippen molar-refractivity contribution in [2.45, 2.75) is 50.7 Å². The highest BCUT2D eigenvalue weighted by atomic mass is 16.5. The SMILES string of the molecule is CC(CNc1ccccc1)NC(=O)C1COCCN1C1CCCC1. The second kappa shape index (κ2) is 8.49. The minimum atomic E-state index is -0.138. The molecule has 24 heavy (non-hydrogen) atoms. The Morgan fingerprint density at radius 3 is 2.79 bits per heavy atom. The summed E-state index contributed by atoms with van der Waals surface area (Å²) < 4.78 is 5.59. The molecule has 1 aromatic rings. The zero-order valence-corrected chi connectivity index (χ0v) is 14.5. The lowest BCUT2D eigenvalue weighted by Crippen LogP contribution is -2.58. The molecule has 5 nitrogen and oxygen atoms in total. The van der Waals surface area contributed by atoms with Gasteiger partial charge in [-0.05, 0) is 31.9 Å². The minimum Gasteiger partial charge on any atom is -0.383 e. The van der Waals surface area contributed by atoms with Crippen LogP contribution in [-0.4, -0.2) is 55.2 Å². The lowest BCUT2D eigenvalue weighted by molar-refractivity contribution is -0.135. The maximum atomic E-state index is 12.7. The van der Waals surface area contributed by atoms with Crippen molar-refractivity contribution in [3.63, 3.8) is 0 Å². The summed E-state index contributed by atoms with van der Waals surface area (Å²) in [6.07, 6.45) is 5.01. The van der Waals surface area contributed by atoms with Crippen molar-refractivity contribution in [2.24, 2.45) is 0 Å². The van der Waals surface area contributed by atoms with Crippen LogP contribution in [0.5, 0.6) is 0 Å². The van der Waals surface area contributed by atoms with Crippen LogP contribution in [0.4, 0.5) is 5.69 Å². The van der Waals surface area contributed by atoms with Gasteiger partial charge < -0.3 is 15.4 Å². The molecule has 3 rings (SSSR count). The lowest BCUT2D eigenvalue weighted by atomic mass is 10.1. The van der Waals surface area contributed by atoms with Gasteiger partial charge in [0.2, 0.25) is 5.91 Å². The molecule has 1 aliphatic carbocycles. The third-order valence-corrected chi connectivity index (χ3v) is 5.04. The molecule has 5 heteroatoms. The van der Waals surface area contributed by atoms with Crippen molar-refractivity contribution in [3.05, 3.63) is 30.3 Å². The molecular formula is C19H29N3O2. The number of ether oxygens (including phenoxy) is 1. The number of amides is 1. The maximum absolute atomic E-state index is 12.7. The minimum absolute atomic E-state index is 0.0741. The molecule has 1 aromatic carbocycles. The van der Waals surface area contributed by atoms with Crippen molar-refractivity contribution in [1.82, 2.24) is 10.2 Å². The van der Waals surface area contributed by atoms with Gasteiger partial charge in [-0.15, -0.1) is 0 Å². The summed E-state index contributed by atoms with van der Waals surface area (Å²) >= 11 is 0. The summed E-state index contributed by atoms with van der Waals surface area (Å²) in [5.74, 6) is 0.101. The number of carbonyl (C=O) groups is 1. The lowest BCUT2D eigenvalue weighted by Gasteiger charge is -2.39. The Bertz CT molecular complexity index is 517. The van der Waals surface area contributed by atoms with Crippen LogP contribution in [0, 0.1) is 0 Å². The van der Waals surface area contributed by atoms with Crippen molar-refractivity contribution in [2.75, 3.05) is 31.6 Å². The van der Waals surface area contributed by atoms with E-state index in [2.05, 4.69) is 15.5 Å². The normalized spacial score (nSPS) is 23.8. The monoisotopic (exact) mass is 331 g/mol. The third kappa shape index (κ3) is 4.48. The van der Waals surface area contributed by atoms with E-state index in [1.807, 2.05) is 37.3 Å². The number of nitrogens with zero attached hydrogens (tertiary/aromatic N) is 1. The second-order valence-electron chi connectivity index (χ2n) is 6.92. The molecule has 1 aliphatic heterocycles. The first-order valence-corrected chi connectivity index (χ1v) is 9.17. The molecule has 0 bridgehead atoms. The first-order chi connectivity index (χ1) is 11.7. The highest BCUT2D eigenvalue weighted by Gasteiger charge is 2.35. The van der Waals surface area contributed by atoms with E-state index in [0.717, 1.165) is 18.8 Å². The molecule has 132 valence electrons. The molecule has 2 N–H and O–H groups in total. The molecular weight excluding hydrogens is 302 g/mol. The van der Waals surface area contributed by atoms with Crippen molar-refractivity contribution >= 4 is 11.6 Å². The molecule has 1 heterocycles. The predicted octanol–water partition coefficient (Wildman–Crippen LogP) is 2.25. The Morgan fingerprint density at radius 2 is 2.04 bits per heavy atom. The summed E-state index contributed by atoms with van der Waals surface area (Å²) in [5.41, 5.74) is 1.08. The largest absolute Gasteiger partial charge is 0.383 e. The number of carbonyl (C=O) groups excluding carboxylic acids is 1. The van der Waals surface area contributed by atoms with Gasteiger partial charge in [-0.2, -0.15) is 0 Å². The molecule has 2 atom stereocenters. The fourth-order valence-electron chi connectivity index (χ4n) is 3.73. The van der Waals surface area contributed by atoms with Crippen LogP contribution >= 0.6 is 0 Å². The summed E-state index contributed by atoms with van der Waals surface area (Å²) in [7, 11) is 0. The van der Waals surface area contributed by atoms with E-state index in [9.17, 15) is 4.79 Å². The molecule has 2 unspecified atom stereocenters. The van der Waals surface area contributed by atoms with Gasteiger partial charge in [-0.3, -0.25) is 9.69 Å². The van der Waals surface area contributed by atoms with Gasteiger partial charge in [-0.1, -0.05) is 31.0 Å². The highest BCUT2D eigenvalue weighted by molar-refractivity contribution is 5.82. The number of morpholine rings is 1. The predicted molar refractivity (Wildman–Crippen MR) is 96.1 cm³/mol. The van der Waals surface area contributed by atoms with Crippen LogP contribution in [0.1, 0.15) is 32.6 Å². The van der Waals surface area contributed by atoms with Gasteiger partial charge >= 0.3 is 0 Å². The fourth-order valence-corrected chi connectivity index (χ4v) is 3.73. The number of hydrogen-bond acceptors (Lipinski definition) is 4. The van der Waals surface area contributed by atoms with Crippen molar-refractivity contribution in [3.8, 4) is 0 Å². The molecule has 0 spiro atoms. The van der Waals surface area contributed by atoms with Gasteiger partial charge in [0.05, 0.1) is 13.2 Å². The van der Waals surface area contributed by atoms with Crippen LogP contribution < -0.4 is 10.6 Å². The van der Waals surface area contributed by atoms with Gasteiger partial charge in [0, 0.05) is 30.9 Å². The van der Waals surface area contributed by atoms with Crippen LogP contribution in [0.15, 0.2) is 30.3 Å². The summed E-state index contributed by atoms with van der Waals surface area (Å²) in [6.45, 7) is 4.89. The topological polar surface area (TPSA) is 53.6 Å². The molecule has 0 aromatic heterocycles. The Hall–Kier alpha value is -1.59. The Kier molecular flexibility index (Phi) is 6.10. The van der Waals surface area contributed by atoms with E-state index >= 15 is 0 Å².